The summed E-state index contributed by atoms with van der Waals surface area (Å²) in [6.45, 7) is 0. The third-order valence-electron chi connectivity index (χ3n) is 4.62. The Morgan fingerprint density at radius 1 is 1.36 bits per heavy atom. The molecule has 0 spiro atoms. The molecule has 0 unspecified atom stereocenters. The van der Waals surface area contributed by atoms with E-state index in [-0.39, 0.29) is 29.9 Å². The largest absolute Gasteiger partial charge is 0.481 e. The summed E-state index contributed by atoms with van der Waals surface area (Å²) in [5, 5.41) is 12.7. The molecule has 0 aliphatic heterocycles. The predicted molar refractivity (Wildman–Crippen MR) is 82.3 cm³/mol. The molecule has 0 bridgehead atoms. The Kier molecular flexibility index (Phi) is 4.43. The van der Waals surface area contributed by atoms with E-state index in [4.69, 9.17) is 4.74 Å². The zero-order valence-corrected chi connectivity index (χ0v) is 12.7. The van der Waals surface area contributed by atoms with E-state index in [1.54, 1.807) is 19.4 Å². The number of aliphatic hydroxyl groups excluding tert-OH is 1. The number of nitrogens with zero attached hydrogens (tertiary/aromatic N) is 1. The average Bonchev–Trinajstić information content (AvgIpc) is 3.04. The second-order valence-corrected chi connectivity index (χ2v) is 6.15. The van der Waals surface area contributed by atoms with Crippen molar-refractivity contribution < 1.29 is 14.6 Å². The number of methoxy groups -OCH3 is 1. The second-order valence-electron chi connectivity index (χ2n) is 6.15. The van der Waals surface area contributed by atoms with Crippen LogP contribution >= 0.6 is 0 Å². The third kappa shape index (κ3) is 3.14. The molecule has 2 aliphatic carbocycles. The van der Waals surface area contributed by atoms with Crippen molar-refractivity contribution in [1.29, 1.82) is 0 Å². The van der Waals surface area contributed by atoms with Crippen LogP contribution in [0.4, 0.5) is 0 Å². The van der Waals surface area contributed by atoms with Gasteiger partial charge in [-0.15, -0.1) is 0 Å². The van der Waals surface area contributed by atoms with E-state index >= 15 is 0 Å². The normalized spacial score (nSPS) is 25.5. The number of nitrogens with one attached hydrogen (secondary N) is 1. The molecule has 0 aromatic carbocycles. The number of amides is 1. The fourth-order valence-corrected chi connectivity index (χ4v) is 3.17. The maximum Gasteiger partial charge on any atom is 0.224 e. The predicted octanol–water partition coefficient (Wildman–Crippen LogP) is 1.98. The van der Waals surface area contributed by atoms with Crippen LogP contribution in [-0.4, -0.2) is 29.2 Å². The lowest BCUT2D eigenvalue weighted by Gasteiger charge is -2.38. The number of aromatic nitrogens is 1. The Labute approximate surface area is 130 Å². The Balaban J connectivity index is 1.72. The quantitative estimate of drug-likeness (QED) is 0.816. The zero-order chi connectivity index (χ0) is 15.5. The van der Waals surface area contributed by atoms with E-state index in [0.717, 1.165) is 31.2 Å². The first-order valence-corrected chi connectivity index (χ1v) is 7.80. The van der Waals surface area contributed by atoms with Crippen molar-refractivity contribution in [2.24, 2.45) is 11.8 Å². The van der Waals surface area contributed by atoms with Gasteiger partial charge in [-0.1, -0.05) is 18.2 Å². The van der Waals surface area contributed by atoms with E-state index in [1.807, 2.05) is 6.07 Å². The van der Waals surface area contributed by atoms with Crippen LogP contribution in [-0.2, 0) is 4.79 Å². The number of carbonyl (C=O) groups is 1. The molecule has 1 heterocycles. The standard InChI is InChI=1S/C17H22N2O3/c1-22-15-7-6-12(10-18-15)16(13-8-14(20)9-13)19-17(21)11-4-2-3-5-11/h2-3,6-7,10-11,13-14,16,20H,4-5,8-9H2,1H3,(H,19,21)/t13?,14?,16-/m0/s1. The molecule has 0 saturated heterocycles. The minimum atomic E-state index is -0.247. The summed E-state index contributed by atoms with van der Waals surface area (Å²) in [5.41, 5.74) is 0.969. The van der Waals surface area contributed by atoms with Crippen molar-refractivity contribution in [2.75, 3.05) is 7.11 Å². The lowest BCUT2D eigenvalue weighted by Crippen LogP contribution is -2.43. The molecule has 2 aliphatic rings. The highest BCUT2D eigenvalue weighted by Gasteiger charge is 2.36. The van der Waals surface area contributed by atoms with E-state index in [2.05, 4.69) is 22.5 Å². The van der Waals surface area contributed by atoms with E-state index in [0.29, 0.717) is 5.88 Å². The molecule has 5 heteroatoms. The van der Waals surface area contributed by atoms with Crippen molar-refractivity contribution in [3.63, 3.8) is 0 Å². The summed E-state index contributed by atoms with van der Waals surface area (Å²) in [7, 11) is 1.58. The molecule has 1 aromatic rings. The van der Waals surface area contributed by atoms with E-state index in [9.17, 15) is 9.90 Å². The molecule has 22 heavy (non-hydrogen) atoms. The summed E-state index contributed by atoms with van der Waals surface area (Å²) >= 11 is 0. The van der Waals surface area contributed by atoms with Crippen molar-refractivity contribution >= 4 is 5.91 Å². The maximum atomic E-state index is 12.4. The number of carbonyl (C=O) groups excluding carboxylic acids is 1. The van der Waals surface area contributed by atoms with Gasteiger partial charge in [-0.25, -0.2) is 4.98 Å². The van der Waals surface area contributed by atoms with Crippen LogP contribution < -0.4 is 10.1 Å². The topological polar surface area (TPSA) is 71.5 Å². The van der Waals surface area contributed by atoms with Crippen LogP contribution in [0.2, 0.25) is 0 Å². The monoisotopic (exact) mass is 302 g/mol. The maximum absolute atomic E-state index is 12.4. The molecule has 3 rings (SSSR count). The molecule has 1 saturated carbocycles. The van der Waals surface area contributed by atoms with Gasteiger partial charge in [0.05, 0.1) is 19.3 Å². The highest BCUT2D eigenvalue weighted by atomic mass is 16.5. The van der Waals surface area contributed by atoms with Crippen LogP contribution in [0.1, 0.15) is 37.3 Å². The Morgan fingerprint density at radius 2 is 2.09 bits per heavy atom. The summed E-state index contributed by atoms with van der Waals surface area (Å²) in [5.74, 6) is 0.955. The van der Waals surface area contributed by atoms with Gasteiger partial charge in [0.15, 0.2) is 0 Å². The number of hydrogen-bond acceptors (Lipinski definition) is 4. The van der Waals surface area contributed by atoms with Gasteiger partial charge in [0.1, 0.15) is 0 Å². The van der Waals surface area contributed by atoms with Gasteiger partial charge in [-0.3, -0.25) is 4.79 Å². The van der Waals surface area contributed by atoms with Gasteiger partial charge in [-0.05, 0) is 37.2 Å². The van der Waals surface area contributed by atoms with Crippen molar-refractivity contribution in [1.82, 2.24) is 10.3 Å². The Bertz CT molecular complexity index is 542. The molecule has 1 aromatic heterocycles. The Morgan fingerprint density at radius 3 is 2.64 bits per heavy atom. The first kappa shape index (κ1) is 15.0. The number of aliphatic hydroxyl groups is 1. The molecule has 1 atom stereocenters. The number of rotatable bonds is 5. The average molecular weight is 302 g/mol. The first-order valence-electron chi connectivity index (χ1n) is 7.80. The van der Waals surface area contributed by atoms with Crippen molar-refractivity contribution in [2.45, 2.75) is 37.8 Å². The van der Waals surface area contributed by atoms with Crippen LogP contribution in [0.25, 0.3) is 0 Å². The number of allylic oxidation sites excluding steroid dienone is 2. The van der Waals surface area contributed by atoms with Crippen LogP contribution in [0.15, 0.2) is 30.5 Å². The fourth-order valence-electron chi connectivity index (χ4n) is 3.17. The minimum Gasteiger partial charge on any atom is -0.481 e. The zero-order valence-electron chi connectivity index (χ0n) is 12.7. The van der Waals surface area contributed by atoms with Crippen molar-refractivity contribution in [3.8, 4) is 5.88 Å². The van der Waals surface area contributed by atoms with Gasteiger partial charge in [-0.2, -0.15) is 0 Å². The number of hydrogen-bond donors (Lipinski definition) is 2. The molecule has 0 radical (unpaired) electrons. The van der Waals surface area contributed by atoms with Crippen LogP contribution in [0.3, 0.4) is 0 Å². The second kappa shape index (κ2) is 6.48. The first-order chi connectivity index (χ1) is 10.7. The number of pyridine rings is 1. The molecule has 2 N–H and O–H groups in total. The van der Waals surface area contributed by atoms with Crippen molar-refractivity contribution in [3.05, 3.63) is 36.0 Å². The smallest absolute Gasteiger partial charge is 0.224 e. The minimum absolute atomic E-state index is 0.0405. The fraction of sp³-hybridized carbons (Fsp3) is 0.529. The summed E-state index contributed by atoms with van der Waals surface area (Å²) in [6.07, 6.45) is 8.69. The van der Waals surface area contributed by atoms with Gasteiger partial charge in [0.2, 0.25) is 11.8 Å². The molecule has 5 nitrogen and oxygen atoms in total. The van der Waals surface area contributed by atoms with Crippen LogP contribution in [0.5, 0.6) is 5.88 Å². The highest BCUT2D eigenvalue weighted by Crippen LogP contribution is 2.38. The van der Waals surface area contributed by atoms with Crippen LogP contribution in [0, 0.1) is 11.8 Å². The molecule has 1 fully saturated rings. The summed E-state index contributed by atoms with van der Waals surface area (Å²) < 4.78 is 5.08. The molecular weight excluding hydrogens is 280 g/mol. The van der Waals surface area contributed by atoms with Gasteiger partial charge >= 0.3 is 0 Å². The third-order valence-corrected chi connectivity index (χ3v) is 4.62. The van der Waals surface area contributed by atoms with Gasteiger partial charge < -0.3 is 15.2 Å². The Hall–Kier alpha value is -1.88. The van der Waals surface area contributed by atoms with E-state index in [1.165, 1.54) is 0 Å². The highest BCUT2D eigenvalue weighted by molar-refractivity contribution is 5.80. The number of ether oxygens (including phenoxy) is 1. The lowest BCUT2D eigenvalue weighted by atomic mass is 9.75. The molecule has 1 amide bonds. The summed E-state index contributed by atoms with van der Waals surface area (Å²) in [4.78, 5) is 16.7. The SMILES string of the molecule is COc1ccc([C@H](NC(=O)C2CC=CC2)C2CC(O)C2)cn1. The summed E-state index contributed by atoms with van der Waals surface area (Å²) in [6, 6.07) is 3.66. The van der Waals surface area contributed by atoms with Gasteiger partial charge in [0, 0.05) is 18.2 Å². The molecule has 118 valence electrons. The lowest BCUT2D eigenvalue weighted by molar-refractivity contribution is -0.126. The van der Waals surface area contributed by atoms with Gasteiger partial charge in [0.25, 0.3) is 0 Å². The van der Waals surface area contributed by atoms with E-state index < -0.39 is 0 Å². The molecular formula is C17H22N2O3.